The summed E-state index contributed by atoms with van der Waals surface area (Å²) in [5.74, 6) is 2.76. The molecule has 0 radical (unpaired) electrons. The summed E-state index contributed by atoms with van der Waals surface area (Å²) in [6.07, 6.45) is 4.23. The first-order valence-corrected chi connectivity index (χ1v) is 10.6. The first-order valence-electron chi connectivity index (χ1n) is 10.6. The van der Waals surface area contributed by atoms with E-state index >= 15 is 0 Å². The summed E-state index contributed by atoms with van der Waals surface area (Å²) >= 11 is 0. The normalized spacial score (nSPS) is 17.7. The summed E-state index contributed by atoms with van der Waals surface area (Å²) < 4.78 is 11.0. The molecule has 3 heterocycles. The number of H-pyrrole nitrogens is 1. The quantitative estimate of drug-likeness (QED) is 0.618. The highest BCUT2D eigenvalue weighted by Gasteiger charge is 2.50. The predicted octanol–water partition coefficient (Wildman–Crippen LogP) is 3.99. The van der Waals surface area contributed by atoms with E-state index in [0.29, 0.717) is 22.9 Å². The largest absolute Gasteiger partial charge is 0.497 e. The monoisotopic (exact) mass is 430 g/mol. The Morgan fingerprint density at radius 3 is 2.28 bits per heavy atom. The van der Waals surface area contributed by atoms with Gasteiger partial charge in [-0.3, -0.25) is 4.79 Å². The van der Waals surface area contributed by atoms with Gasteiger partial charge in [-0.1, -0.05) is 24.3 Å². The number of nitrogens with zero attached hydrogens (tertiary/aromatic N) is 3. The number of methoxy groups -OCH3 is 2. The van der Waals surface area contributed by atoms with Crippen molar-refractivity contribution in [3.05, 3.63) is 66.3 Å². The van der Waals surface area contributed by atoms with Crippen LogP contribution in [0.25, 0.3) is 16.6 Å². The van der Waals surface area contributed by atoms with Crippen molar-refractivity contribution >= 4 is 28.1 Å². The topological polar surface area (TPSA) is 70.7 Å². The maximum Gasteiger partial charge on any atom is 0.195 e. The van der Waals surface area contributed by atoms with Gasteiger partial charge in [-0.05, 0) is 26.0 Å². The van der Waals surface area contributed by atoms with E-state index in [-0.39, 0.29) is 5.78 Å². The van der Waals surface area contributed by atoms with Crippen LogP contribution in [-0.4, -0.2) is 53.5 Å². The summed E-state index contributed by atoms with van der Waals surface area (Å²) in [6.45, 7) is 5.33. The number of ketones is 1. The molecule has 0 spiro atoms. The van der Waals surface area contributed by atoms with E-state index in [1.165, 1.54) is 0 Å². The molecule has 0 unspecified atom stereocenters. The molecule has 7 nitrogen and oxygen atoms in total. The Morgan fingerprint density at radius 1 is 1.00 bits per heavy atom. The molecular weight excluding hydrogens is 404 g/mol. The van der Waals surface area contributed by atoms with Crippen LogP contribution >= 0.6 is 0 Å². The summed E-state index contributed by atoms with van der Waals surface area (Å²) in [5.41, 5.74) is 2.33. The Kier molecular flexibility index (Phi) is 4.69. The number of ether oxygens (including phenoxy) is 2. The number of nitrogens with one attached hydrogen (secondary N) is 1. The fourth-order valence-electron chi connectivity index (χ4n) is 4.49. The van der Waals surface area contributed by atoms with Crippen LogP contribution < -0.4 is 14.4 Å². The molecule has 0 bridgehead atoms. The molecular formula is C25H26N4O3. The molecule has 2 aromatic carbocycles. The number of carbonyl (C=O) groups excluding carboxylic acids is 1. The van der Waals surface area contributed by atoms with Crippen LogP contribution in [0.5, 0.6) is 11.5 Å². The number of para-hydroxylation sites is 2. The van der Waals surface area contributed by atoms with Gasteiger partial charge in [0, 0.05) is 31.3 Å². The molecule has 7 heteroatoms. The zero-order valence-corrected chi connectivity index (χ0v) is 18.7. The maximum atomic E-state index is 13.9. The van der Waals surface area contributed by atoms with Gasteiger partial charge in [0.05, 0.1) is 30.9 Å². The van der Waals surface area contributed by atoms with Gasteiger partial charge in [0.25, 0.3) is 0 Å². The molecule has 5 rings (SSSR count). The first kappa shape index (κ1) is 20.2. The third-order valence-corrected chi connectivity index (χ3v) is 6.12. The van der Waals surface area contributed by atoms with E-state index < -0.39 is 5.54 Å². The van der Waals surface area contributed by atoms with Crippen molar-refractivity contribution in [1.29, 1.82) is 0 Å². The van der Waals surface area contributed by atoms with Gasteiger partial charge in [-0.25, -0.2) is 4.98 Å². The number of fused-ring (bicyclic) bond motifs is 1. The van der Waals surface area contributed by atoms with Crippen LogP contribution in [0.1, 0.15) is 19.7 Å². The van der Waals surface area contributed by atoms with E-state index in [1.807, 2.05) is 56.3 Å². The zero-order chi connectivity index (χ0) is 22.5. The fraction of sp³-hybridized carbons (Fsp3) is 0.280. The Morgan fingerprint density at radius 2 is 1.66 bits per heavy atom. The van der Waals surface area contributed by atoms with Crippen LogP contribution in [0, 0.1) is 0 Å². The summed E-state index contributed by atoms with van der Waals surface area (Å²) in [4.78, 5) is 26.3. The number of aromatic nitrogens is 2. The molecule has 1 N–H and O–H groups in total. The number of anilines is 1. The van der Waals surface area contributed by atoms with Crippen LogP contribution in [0.4, 0.5) is 5.69 Å². The highest BCUT2D eigenvalue weighted by atomic mass is 16.5. The number of imidazole rings is 1. The lowest BCUT2D eigenvalue weighted by Gasteiger charge is -2.38. The maximum absolute atomic E-state index is 13.9. The standard InChI is InChI=1S/C25H26N4O3/c1-25(2)22(30)21(23-26-19-9-5-6-10-20(19)27-23)24(28-11-7-8-12-28)29(25)16-13-17(31-3)15-18(14-16)32-4/h5-10,13-15H,11-12H2,1-4H3,(H,26,27). The SMILES string of the molecule is COc1cc(OC)cc(N2C(N3CC=CC3)=C(c3nc4ccccc4[nH]3)C(=O)C2(C)C)c1. The minimum absolute atomic E-state index is 0.0141. The molecule has 1 aromatic heterocycles. The third kappa shape index (κ3) is 3.04. The number of carbonyl (C=O) groups is 1. The Labute approximate surface area is 186 Å². The highest BCUT2D eigenvalue weighted by molar-refractivity contribution is 6.29. The van der Waals surface area contributed by atoms with Crippen LogP contribution in [0.2, 0.25) is 0 Å². The van der Waals surface area contributed by atoms with Gasteiger partial charge >= 0.3 is 0 Å². The van der Waals surface area contributed by atoms with Crippen molar-refractivity contribution in [3.8, 4) is 11.5 Å². The average molecular weight is 431 g/mol. The van der Waals surface area contributed by atoms with E-state index in [2.05, 4.69) is 26.9 Å². The van der Waals surface area contributed by atoms with Crippen LogP contribution in [0.15, 0.2) is 60.4 Å². The smallest absolute Gasteiger partial charge is 0.195 e. The number of hydrogen-bond acceptors (Lipinski definition) is 6. The van der Waals surface area contributed by atoms with Gasteiger partial charge in [-0.15, -0.1) is 0 Å². The van der Waals surface area contributed by atoms with Gasteiger partial charge < -0.3 is 24.3 Å². The third-order valence-electron chi connectivity index (χ3n) is 6.12. The van der Waals surface area contributed by atoms with Gasteiger partial charge in [0.1, 0.15) is 34.3 Å². The lowest BCUT2D eigenvalue weighted by Crippen LogP contribution is -2.47. The van der Waals surface area contributed by atoms with Gasteiger partial charge in [0.15, 0.2) is 5.78 Å². The molecule has 0 saturated heterocycles. The second-order valence-corrected chi connectivity index (χ2v) is 8.47. The van der Waals surface area contributed by atoms with Crippen molar-refractivity contribution in [1.82, 2.24) is 14.9 Å². The van der Waals surface area contributed by atoms with Crippen molar-refractivity contribution < 1.29 is 14.3 Å². The first-order chi connectivity index (χ1) is 15.4. The van der Waals surface area contributed by atoms with Crippen molar-refractivity contribution in [2.75, 3.05) is 32.2 Å². The number of Topliss-reactive ketones (excluding diaryl/α,β-unsaturated/α-hetero) is 1. The van der Waals surface area contributed by atoms with E-state index in [0.717, 1.165) is 35.6 Å². The minimum Gasteiger partial charge on any atom is -0.497 e. The number of aromatic amines is 1. The molecule has 32 heavy (non-hydrogen) atoms. The lowest BCUT2D eigenvalue weighted by atomic mass is 9.95. The van der Waals surface area contributed by atoms with Crippen molar-refractivity contribution in [2.45, 2.75) is 19.4 Å². The Hall–Kier alpha value is -3.74. The number of benzene rings is 2. The van der Waals surface area contributed by atoms with E-state index in [1.54, 1.807) is 14.2 Å². The van der Waals surface area contributed by atoms with Crippen molar-refractivity contribution in [3.63, 3.8) is 0 Å². The highest BCUT2D eigenvalue weighted by Crippen LogP contribution is 2.45. The molecule has 2 aliphatic rings. The van der Waals surface area contributed by atoms with Crippen LogP contribution in [0.3, 0.4) is 0 Å². The Balaban J connectivity index is 1.76. The summed E-state index contributed by atoms with van der Waals surface area (Å²) in [6, 6.07) is 13.5. The summed E-state index contributed by atoms with van der Waals surface area (Å²) in [7, 11) is 3.25. The Bertz CT molecular complexity index is 1210. The molecule has 164 valence electrons. The van der Waals surface area contributed by atoms with Gasteiger partial charge in [-0.2, -0.15) is 0 Å². The summed E-state index contributed by atoms with van der Waals surface area (Å²) in [5, 5.41) is 0. The number of hydrogen-bond donors (Lipinski definition) is 1. The number of rotatable bonds is 5. The zero-order valence-electron chi connectivity index (χ0n) is 18.7. The molecule has 0 amide bonds. The lowest BCUT2D eigenvalue weighted by molar-refractivity contribution is -0.116. The average Bonchev–Trinajstić information content (AvgIpc) is 3.51. The van der Waals surface area contributed by atoms with Gasteiger partial charge in [0.2, 0.25) is 0 Å². The van der Waals surface area contributed by atoms with Crippen molar-refractivity contribution in [2.24, 2.45) is 0 Å². The molecule has 0 fully saturated rings. The second-order valence-electron chi connectivity index (χ2n) is 8.47. The van der Waals surface area contributed by atoms with E-state index in [4.69, 9.17) is 14.5 Å². The minimum atomic E-state index is -0.830. The van der Waals surface area contributed by atoms with E-state index in [9.17, 15) is 4.79 Å². The molecule has 2 aliphatic heterocycles. The van der Waals surface area contributed by atoms with Crippen LogP contribution in [-0.2, 0) is 4.79 Å². The molecule has 0 saturated carbocycles. The molecule has 0 atom stereocenters. The predicted molar refractivity (Wildman–Crippen MR) is 125 cm³/mol. The molecule has 0 aliphatic carbocycles. The second kappa shape index (κ2) is 7.44. The fourth-order valence-corrected chi connectivity index (χ4v) is 4.49. The molecule has 3 aromatic rings.